The van der Waals surface area contributed by atoms with E-state index in [9.17, 15) is 4.39 Å². The first kappa shape index (κ1) is 24.7. The lowest BCUT2D eigenvalue weighted by Crippen LogP contribution is -2.31. The van der Waals surface area contributed by atoms with Crippen LogP contribution in [0.25, 0.3) is 11.1 Å². The van der Waals surface area contributed by atoms with Gasteiger partial charge in [0, 0.05) is 6.04 Å². The molecule has 178 valence electrons. The summed E-state index contributed by atoms with van der Waals surface area (Å²) < 4.78 is 24.1. The molecule has 0 saturated heterocycles. The second kappa shape index (κ2) is 11.3. The molecule has 1 unspecified atom stereocenters. The van der Waals surface area contributed by atoms with E-state index >= 15 is 0 Å². The Hall–Kier alpha value is -3.91. The molecule has 0 aromatic heterocycles. The van der Waals surface area contributed by atoms with Crippen molar-refractivity contribution in [1.82, 2.24) is 5.32 Å². The van der Waals surface area contributed by atoms with E-state index < -0.39 is 11.9 Å². The second-order valence-electron chi connectivity index (χ2n) is 7.68. The van der Waals surface area contributed by atoms with Crippen molar-refractivity contribution in [3.8, 4) is 22.6 Å². The quantitative estimate of drug-likeness (QED) is 0.485. The summed E-state index contributed by atoms with van der Waals surface area (Å²) in [6.07, 6.45) is 1.88. The highest BCUT2D eigenvalue weighted by molar-refractivity contribution is 6.27. The van der Waals surface area contributed by atoms with Crippen molar-refractivity contribution in [2.45, 2.75) is 18.9 Å². The van der Waals surface area contributed by atoms with Gasteiger partial charge in [0.2, 0.25) is 0 Å². The highest BCUT2D eigenvalue weighted by Crippen LogP contribution is 2.36. The number of aliphatic carboxylic acids is 2. The van der Waals surface area contributed by atoms with Gasteiger partial charge in [-0.15, -0.1) is 0 Å². The summed E-state index contributed by atoms with van der Waals surface area (Å²) in [6, 6.07) is 19.5. The van der Waals surface area contributed by atoms with Crippen LogP contribution in [0.3, 0.4) is 0 Å². The summed E-state index contributed by atoms with van der Waals surface area (Å²) in [6.45, 7) is 0.945. The number of methoxy groups -OCH3 is 2. The van der Waals surface area contributed by atoms with Crippen LogP contribution in [0.5, 0.6) is 11.5 Å². The Bertz CT molecular complexity index is 1130. The molecule has 3 aromatic carbocycles. The minimum Gasteiger partial charge on any atom is -0.493 e. The smallest absolute Gasteiger partial charge is 0.414 e. The standard InChI is InChI=1S/C24H24FNO2.C2H2O4/c1-27-23-14-19-11-12-26-22(21(19)15-24(23)28-2)13-16-3-5-17(6-4-16)18-7-9-20(25)10-8-18;3-1(4)2(5)6/h3-10,14-15,22,26H,11-13H2,1-2H3;(H,3,4)(H,5,6). The van der Waals surface area contributed by atoms with E-state index in [1.54, 1.807) is 14.2 Å². The molecular formula is C26H26FNO6. The summed E-state index contributed by atoms with van der Waals surface area (Å²) in [5, 5.41) is 18.4. The molecule has 3 aromatic rings. The zero-order valence-electron chi connectivity index (χ0n) is 18.9. The Morgan fingerprint density at radius 3 is 1.97 bits per heavy atom. The lowest BCUT2D eigenvalue weighted by Gasteiger charge is -2.28. The van der Waals surface area contributed by atoms with Gasteiger partial charge >= 0.3 is 11.9 Å². The number of carboxylic acids is 2. The number of halogens is 1. The van der Waals surface area contributed by atoms with Gasteiger partial charge in [-0.1, -0.05) is 36.4 Å². The first-order valence-electron chi connectivity index (χ1n) is 10.6. The fourth-order valence-corrected chi connectivity index (χ4v) is 3.86. The Balaban J connectivity index is 0.000000481. The van der Waals surface area contributed by atoms with Crippen molar-refractivity contribution >= 4 is 11.9 Å². The second-order valence-corrected chi connectivity index (χ2v) is 7.68. The lowest BCUT2D eigenvalue weighted by molar-refractivity contribution is -0.159. The van der Waals surface area contributed by atoms with Crippen molar-refractivity contribution in [2.75, 3.05) is 20.8 Å². The Morgan fingerprint density at radius 2 is 1.44 bits per heavy atom. The van der Waals surface area contributed by atoms with Crippen LogP contribution < -0.4 is 14.8 Å². The molecule has 4 rings (SSSR count). The normalized spacial score (nSPS) is 14.3. The molecule has 3 N–H and O–H groups in total. The van der Waals surface area contributed by atoms with Crippen molar-refractivity contribution in [3.05, 3.63) is 83.2 Å². The van der Waals surface area contributed by atoms with Gasteiger partial charge in [0.25, 0.3) is 0 Å². The highest BCUT2D eigenvalue weighted by atomic mass is 19.1. The largest absolute Gasteiger partial charge is 0.493 e. The maximum absolute atomic E-state index is 13.1. The molecule has 8 heteroatoms. The van der Waals surface area contributed by atoms with Crippen LogP contribution >= 0.6 is 0 Å². The van der Waals surface area contributed by atoms with Gasteiger partial charge in [-0.3, -0.25) is 0 Å². The third-order valence-corrected chi connectivity index (χ3v) is 5.56. The molecule has 0 fully saturated rings. The minimum absolute atomic E-state index is 0.213. The fraction of sp³-hybridized carbons (Fsp3) is 0.231. The molecule has 34 heavy (non-hydrogen) atoms. The van der Waals surface area contributed by atoms with E-state index in [0.29, 0.717) is 0 Å². The number of hydrogen-bond donors (Lipinski definition) is 3. The monoisotopic (exact) mass is 467 g/mol. The maximum Gasteiger partial charge on any atom is 0.414 e. The molecule has 7 nitrogen and oxygen atoms in total. The van der Waals surface area contributed by atoms with Gasteiger partial charge < -0.3 is 25.0 Å². The Labute approximate surface area is 196 Å². The summed E-state index contributed by atoms with van der Waals surface area (Å²) in [5.74, 6) is -2.31. The molecular weight excluding hydrogens is 441 g/mol. The average Bonchev–Trinajstić information content (AvgIpc) is 2.84. The van der Waals surface area contributed by atoms with E-state index in [2.05, 4.69) is 41.7 Å². The predicted molar refractivity (Wildman–Crippen MR) is 125 cm³/mol. The number of nitrogens with one attached hydrogen (secondary N) is 1. The number of benzene rings is 3. The van der Waals surface area contributed by atoms with E-state index in [1.165, 1.54) is 28.8 Å². The molecule has 1 aliphatic heterocycles. The van der Waals surface area contributed by atoms with Gasteiger partial charge in [0.15, 0.2) is 11.5 Å². The van der Waals surface area contributed by atoms with Crippen molar-refractivity contribution in [3.63, 3.8) is 0 Å². The van der Waals surface area contributed by atoms with Crippen LogP contribution in [0.4, 0.5) is 4.39 Å². The molecule has 0 bridgehead atoms. The first-order chi connectivity index (χ1) is 16.3. The van der Waals surface area contributed by atoms with Crippen molar-refractivity contribution < 1.29 is 33.7 Å². The zero-order chi connectivity index (χ0) is 24.7. The van der Waals surface area contributed by atoms with E-state index in [1.807, 2.05) is 12.1 Å². The van der Waals surface area contributed by atoms with Crippen LogP contribution in [0.2, 0.25) is 0 Å². The van der Waals surface area contributed by atoms with Crippen LogP contribution in [-0.2, 0) is 22.4 Å². The van der Waals surface area contributed by atoms with Gasteiger partial charge in [0.05, 0.1) is 14.2 Å². The number of hydrogen-bond acceptors (Lipinski definition) is 5. The van der Waals surface area contributed by atoms with E-state index in [-0.39, 0.29) is 11.9 Å². The zero-order valence-corrected chi connectivity index (χ0v) is 18.9. The van der Waals surface area contributed by atoms with Gasteiger partial charge in [0.1, 0.15) is 5.82 Å². The topological polar surface area (TPSA) is 105 Å². The van der Waals surface area contributed by atoms with Gasteiger partial charge in [-0.05, 0) is 71.5 Å². The number of carbonyl (C=O) groups is 2. The molecule has 0 amide bonds. The van der Waals surface area contributed by atoms with Crippen molar-refractivity contribution in [1.29, 1.82) is 0 Å². The molecule has 0 saturated carbocycles. The van der Waals surface area contributed by atoms with Gasteiger partial charge in [-0.2, -0.15) is 0 Å². The summed E-state index contributed by atoms with van der Waals surface area (Å²) in [5.41, 5.74) is 5.94. The molecule has 1 aliphatic rings. The van der Waals surface area contributed by atoms with E-state index in [0.717, 1.165) is 42.0 Å². The maximum atomic E-state index is 13.1. The Morgan fingerprint density at radius 1 is 0.912 bits per heavy atom. The predicted octanol–water partition coefficient (Wildman–Crippen LogP) is 4.10. The molecule has 0 spiro atoms. The average molecular weight is 467 g/mol. The number of ether oxygens (including phenoxy) is 2. The van der Waals surface area contributed by atoms with Crippen LogP contribution in [-0.4, -0.2) is 42.9 Å². The summed E-state index contributed by atoms with van der Waals surface area (Å²) in [7, 11) is 3.34. The molecule has 0 radical (unpaired) electrons. The van der Waals surface area contributed by atoms with Crippen LogP contribution in [0, 0.1) is 5.82 Å². The van der Waals surface area contributed by atoms with Crippen molar-refractivity contribution in [2.24, 2.45) is 0 Å². The van der Waals surface area contributed by atoms with Gasteiger partial charge in [-0.25, -0.2) is 14.0 Å². The third kappa shape index (κ3) is 6.11. The highest BCUT2D eigenvalue weighted by Gasteiger charge is 2.22. The third-order valence-electron chi connectivity index (χ3n) is 5.56. The SMILES string of the molecule is COc1cc2c(cc1OC)C(Cc1ccc(-c3ccc(F)cc3)cc1)NCC2.O=C(O)C(=O)O. The Kier molecular flexibility index (Phi) is 8.21. The number of carboxylic acid groups (broad SMARTS) is 2. The first-order valence-corrected chi connectivity index (χ1v) is 10.6. The van der Waals surface area contributed by atoms with Crippen LogP contribution in [0.1, 0.15) is 22.7 Å². The number of rotatable bonds is 5. The van der Waals surface area contributed by atoms with E-state index in [4.69, 9.17) is 29.3 Å². The molecule has 1 atom stereocenters. The molecule has 1 heterocycles. The lowest BCUT2D eigenvalue weighted by atomic mass is 9.89. The fourth-order valence-electron chi connectivity index (χ4n) is 3.86. The minimum atomic E-state index is -1.82. The molecule has 0 aliphatic carbocycles. The van der Waals surface area contributed by atoms with Crippen LogP contribution in [0.15, 0.2) is 60.7 Å². The summed E-state index contributed by atoms with van der Waals surface area (Å²) >= 11 is 0. The number of fused-ring (bicyclic) bond motifs is 1. The summed E-state index contributed by atoms with van der Waals surface area (Å²) in [4.78, 5) is 18.2.